The number of likely N-dealkylation sites (N-methyl/N-ethyl adjacent to an activating group) is 1. The lowest BCUT2D eigenvalue weighted by Crippen LogP contribution is -2.38. The van der Waals surface area contributed by atoms with E-state index in [1.54, 1.807) is 19.1 Å². The average molecular weight is 268 g/mol. The van der Waals surface area contributed by atoms with Crippen LogP contribution < -0.4 is 4.74 Å². The zero-order valence-electron chi connectivity index (χ0n) is 12.0. The van der Waals surface area contributed by atoms with E-state index in [-0.39, 0.29) is 5.75 Å². The summed E-state index contributed by atoms with van der Waals surface area (Å²) < 4.78 is 11.1. The van der Waals surface area contributed by atoms with E-state index in [2.05, 4.69) is 21.1 Å². The fourth-order valence-corrected chi connectivity index (χ4v) is 1.41. The van der Waals surface area contributed by atoms with Crippen LogP contribution in [-0.2, 0) is 4.74 Å². The van der Waals surface area contributed by atoms with Gasteiger partial charge in [0.1, 0.15) is 13.2 Å². The number of carbonyl (C=O) groups excluding carboxylic acids is 1. The molecule has 0 aromatic heterocycles. The first kappa shape index (κ1) is 15.3. The lowest BCUT2D eigenvalue weighted by Gasteiger charge is -2.23. The van der Waals surface area contributed by atoms with Gasteiger partial charge in [-0.1, -0.05) is 0 Å². The number of hydrogen-bond donors (Lipinski definition) is 1. The first-order chi connectivity index (χ1) is 8.83. The van der Waals surface area contributed by atoms with E-state index < -0.39 is 5.97 Å². The average Bonchev–Trinajstić information content (AvgIpc) is 2.30. The molecule has 1 aromatic rings. The summed E-state index contributed by atoms with van der Waals surface area (Å²) in [5, 5.41) is 9.80. The third-order valence-electron chi connectivity index (χ3n) is 2.49. The first-order valence-electron chi connectivity index (χ1n) is 6.27. The highest BCUT2D eigenvalue weighted by Crippen LogP contribution is 2.27. The van der Waals surface area contributed by atoms with Gasteiger partial charge in [0, 0.05) is 0 Å². The van der Waals surface area contributed by atoms with Crippen LogP contribution in [0, 0.1) is 0 Å². The molecule has 0 fully saturated rings. The molecule has 0 atom stereocenters. The van der Waals surface area contributed by atoms with Crippen LogP contribution in [0.15, 0.2) is 18.2 Å². The smallest absolute Gasteiger partial charge is 0.338 e. The van der Waals surface area contributed by atoms with Crippen molar-refractivity contribution in [3.63, 3.8) is 0 Å². The van der Waals surface area contributed by atoms with Crippen molar-refractivity contribution in [2.24, 2.45) is 0 Å². The van der Waals surface area contributed by atoms with Crippen molar-refractivity contribution in [3.8, 4) is 11.5 Å². The Morgan fingerprint density at radius 1 is 1.32 bits per heavy atom. The van der Waals surface area contributed by atoms with E-state index >= 15 is 0 Å². The number of phenols is 1. The van der Waals surface area contributed by atoms with Crippen molar-refractivity contribution in [1.82, 2.24) is 0 Å². The fraction of sp³-hybridized carbons (Fsp3) is 0.500. The van der Waals surface area contributed by atoms with E-state index in [9.17, 15) is 9.90 Å². The maximum Gasteiger partial charge on any atom is 0.338 e. The van der Waals surface area contributed by atoms with Gasteiger partial charge in [0.25, 0.3) is 0 Å². The number of rotatable bonds is 6. The molecule has 0 aliphatic carbocycles. The zero-order chi connectivity index (χ0) is 14.5. The van der Waals surface area contributed by atoms with Crippen LogP contribution in [0.3, 0.4) is 0 Å². The molecule has 1 N–H and O–H groups in total. The van der Waals surface area contributed by atoms with Gasteiger partial charge in [-0.3, -0.25) is 0 Å². The predicted octanol–water partition coefficient (Wildman–Crippen LogP) is 1.65. The zero-order valence-corrected chi connectivity index (χ0v) is 12.0. The Kier molecular flexibility index (Phi) is 5.18. The van der Waals surface area contributed by atoms with Crippen molar-refractivity contribution in [2.45, 2.75) is 6.92 Å². The molecule has 0 heterocycles. The van der Waals surface area contributed by atoms with Crippen LogP contribution >= 0.6 is 0 Å². The molecule has 0 aliphatic rings. The standard InChI is InChI=1S/C14H21NO4/c1-5-18-14(17)11-6-7-13(12(16)10-11)19-9-8-15(2,3)4/h6-7,10H,5,8-9H2,1-4H3/p+1. The van der Waals surface area contributed by atoms with Gasteiger partial charge in [-0.05, 0) is 25.1 Å². The van der Waals surface area contributed by atoms with Crippen LogP contribution in [0.25, 0.3) is 0 Å². The highest BCUT2D eigenvalue weighted by atomic mass is 16.5. The Balaban J connectivity index is 2.65. The molecule has 5 heteroatoms. The van der Waals surface area contributed by atoms with Crippen LogP contribution in [0.1, 0.15) is 17.3 Å². The minimum atomic E-state index is -0.448. The van der Waals surface area contributed by atoms with Gasteiger partial charge < -0.3 is 19.1 Å². The Morgan fingerprint density at radius 2 is 2.00 bits per heavy atom. The summed E-state index contributed by atoms with van der Waals surface area (Å²) in [5.41, 5.74) is 0.318. The maximum absolute atomic E-state index is 11.5. The Hall–Kier alpha value is -1.75. The number of ether oxygens (including phenoxy) is 2. The monoisotopic (exact) mass is 268 g/mol. The molecule has 106 valence electrons. The second-order valence-electron chi connectivity index (χ2n) is 5.27. The van der Waals surface area contributed by atoms with Crippen LogP contribution in [0.2, 0.25) is 0 Å². The quantitative estimate of drug-likeness (QED) is 0.629. The van der Waals surface area contributed by atoms with Gasteiger partial charge in [0.2, 0.25) is 0 Å². The number of quaternary nitrogens is 1. The molecule has 0 saturated carbocycles. The second kappa shape index (κ2) is 6.43. The molecule has 1 aromatic carbocycles. The second-order valence-corrected chi connectivity index (χ2v) is 5.27. The molecule has 0 radical (unpaired) electrons. The van der Waals surface area contributed by atoms with Crippen molar-refractivity contribution >= 4 is 5.97 Å². The summed E-state index contributed by atoms with van der Waals surface area (Å²) in [6.07, 6.45) is 0. The lowest BCUT2D eigenvalue weighted by atomic mass is 10.2. The maximum atomic E-state index is 11.5. The molecule has 0 bridgehead atoms. The third-order valence-corrected chi connectivity index (χ3v) is 2.49. The molecule has 5 nitrogen and oxygen atoms in total. The van der Waals surface area contributed by atoms with Gasteiger partial charge in [0.05, 0.1) is 33.3 Å². The number of aromatic hydroxyl groups is 1. The summed E-state index contributed by atoms with van der Waals surface area (Å²) in [4.78, 5) is 11.5. The van der Waals surface area contributed by atoms with Crippen molar-refractivity contribution in [1.29, 1.82) is 0 Å². The van der Waals surface area contributed by atoms with Crippen LogP contribution in [0.4, 0.5) is 0 Å². The molecule has 0 unspecified atom stereocenters. The number of nitrogens with zero attached hydrogens (tertiary/aromatic N) is 1. The number of carbonyl (C=O) groups is 1. The fourth-order valence-electron chi connectivity index (χ4n) is 1.41. The minimum absolute atomic E-state index is 0.0491. The van der Waals surface area contributed by atoms with Crippen LogP contribution in [-0.4, -0.2) is 56.5 Å². The Morgan fingerprint density at radius 3 is 2.53 bits per heavy atom. The van der Waals surface area contributed by atoms with E-state index in [0.717, 1.165) is 11.0 Å². The number of benzene rings is 1. The van der Waals surface area contributed by atoms with Gasteiger partial charge in [-0.15, -0.1) is 0 Å². The largest absolute Gasteiger partial charge is 0.504 e. The number of hydrogen-bond acceptors (Lipinski definition) is 4. The molecule has 0 saturated heterocycles. The minimum Gasteiger partial charge on any atom is -0.504 e. The highest BCUT2D eigenvalue weighted by molar-refractivity contribution is 5.90. The molecule has 19 heavy (non-hydrogen) atoms. The normalized spacial score (nSPS) is 11.2. The van der Waals surface area contributed by atoms with Gasteiger partial charge in [-0.25, -0.2) is 4.79 Å². The molecular weight excluding hydrogens is 246 g/mol. The summed E-state index contributed by atoms with van der Waals surface area (Å²) >= 11 is 0. The van der Waals surface area contributed by atoms with Crippen molar-refractivity contribution in [3.05, 3.63) is 23.8 Å². The van der Waals surface area contributed by atoms with E-state index in [1.807, 2.05) is 0 Å². The molecule has 0 aliphatic heterocycles. The molecular formula is C14H22NO4+. The topological polar surface area (TPSA) is 55.8 Å². The first-order valence-corrected chi connectivity index (χ1v) is 6.27. The Labute approximate surface area is 114 Å². The summed E-state index contributed by atoms with van der Waals surface area (Å²) in [6, 6.07) is 4.52. The molecule has 0 spiro atoms. The summed E-state index contributed by atoms with van der Waals surface area (Å²) in [7, 11) is 6.19. The third kappa shape index (κ3) is 5.18. The lowest BCUT2D eigenvalue weighted by molar-refractivity contribution is -0.870. The predicted molar refractivity (Wildman–Crippen MR) is 72.5 cm³/mol. The van der Waals surface area contributed by atoms with Gasteiger partial charge in [0.15, 0.2) is 11.5 Å². The van der Waals surface area contributed by atoms with Gasteiger partial charge in [-0.2, -0.15) is 0 Å². The van der Waals surface area contributed by atoms with E-state index in [4.69, 9.17) is 9.47 Å². The molecule has 1 rings (SSSR count). The molecule has 0 amide bonds. The Bertz CT molecular complexity index is 438. The van der Waals surface area contributed by atoms with E-state index in [0.29, 0.717) is 24.5 Å². The summed E-state index contributed by atoms with van der Waals surface area (Å²) in [6.45, 7) is 3.36. The number of esters is 1. The SMILES string of the molecule is CCOC(=O)c1ccc(OCC[N+](C)(C)C)c(O)c1. The number of phenolic OH excluding ortho intramolecular Hbond substituents is 1. The van der Waals surface area contributed by atoms with Crippen LogP contribution in [0.5, 0.6) is 11.5 Å². The van der Waals surface area contributed by atoms with E-state index in [1.165, 1.54) is 6.07 Å². The highest BCUT2D eigenvalue weighted by Gasteiger charge is 2.12. The van der Waals surface area contributed by atoms with Crippen molar-refractivity contribution in [2.75, 3.05) is 40.9 Å². The summed E-state index contributed by atoms with van der Waals surface area (Å²) in [5.74, 6) is -0.121. The van der Waals surface area contributed by atoms with Gasteiger partial charge >= 0.3 is 5.97 Å². The van der Waals surface area contributed by atoms with Crippen molar-refractivity contribution < 1.29 is 23.9 Å².